The molecule has 3 heteroatoms. The zero-order valence-corrected chi connectivity index (χ0v) is 24.3. The molecular formula is C37H45F3. The molecule has 0 unspecified atom stereocenters. The van der Waals surface area contributed by atoms with Crippen molar-refractivity contribution in [3.63, 3.8) is 0 Å². The van der Waals surface area contributed by atoms with Crippen molar-refractivity contribution in [3.8, 4) is 22.3 Å². The molecule has 1 fully saturated rings. The van der Waals surface area contributed by atoms with Crippen LogP contribution < -0.4 is 0 Å². The monoisotopic (exact) mass is 546 g/mol. The van der Waals surface area contributed by atoms with E-state index in [0.29, 0.717) is 23.5 Å². The van der Waals surface area contributed by atoms with E-state index in [1.807, 2.05) is 24.3 Å². The van der Waals surface area contributed by atoms with Gasteiger partial charge in [-0.1, -0.05) is 113 Å². The van der Waals surface area contributed by atoms with Crippen molar-refractivity contribution in [2.45, 2.75) is 103 Å². The molecule has 1 aliphatic carbocycles. The third-order valence-electron chi connectivity index (χ3n) is 8.67. The maximum absolute atomic E-state index is 15.1. The molecule has 0 aliphatic heterocycles. The Bertz CT molecular complexity index is 1230. The van der Waals surface area contributed by atoms with Gasteiger partial charge in [0.2, 0.25) is 0 Å². The molecule has 0 radical (unpaired) electrons. The molecule has 0 spiro atoms. The lowest BCUT2D eigenvalue weighted by atomic mass is 9.78. The van der Waals surface area contributed by atoms with Crippen molar-refractivity contribution in [2.24, 2.45) is 5.92 Å². The zero-order chi connectivity index (χ0) is 28.3. The Morgan fingerprint density at radius 2 is 1.30 bits per heavy atom. The van der Waals surface area contributed by atoms with E-state index in [9.17, 15) is 4.39 Å². The van der Waals surface area contributed by atoms with Crippen LogP contribution in [0.15, 0.2) is 66.7 Å². The molecule has 0 heterocycles. The fraction of sp³-hybridized carbons (Fsp3) is 0.459. The number of aryl methyl sites for hydroxylation is 1. The van der Waals surface area contributed by atoms with Crippen molar-refractivity contribution in [1.82, 2.24) is 0 Å². The fourth-order valence-electron chi connectivity index (χ4n) is 6.23. The maximum atomic E-state index is 15.1. The Hall–Kier alpha value is -2.81. The SMILES string of the molecule is C/C=C/C1CCC(c2ccc(-c3ccc(-c4ccc(CCCCCCCCCC)c(F)c4F)cc3)cc2F)CC1. The molecule has 0 aromatic heterocycles. The summed E-state index contributed by atoms with van der Waals surface area (Å²) < 4.78 is 45.0. The summed E-state index contributed by atoms with van der Waals surface area (Å²) in [7, 11) is 0. The smallest absolute Gasteiger partial charge is 0.166 e. The maximum Gasteiger partial charge on any atom is 0.166 e. The summed E-state index contributed by atoms with van der Waals surface area (Å²) in [6.45, 7) is 4.27. The molecule has 0 bridgehead atoms. The summed E-state index contributed by atoms with van der Waals surface area (Å²) in [5, 5.41) is 0. The predicted octanol–water partition coefficient (Wildman–Crippen LogP) is 12.0. The van der Waals surface area contributed by atoms with Gasteiger partial charge >= 0.3 is 0 Å². The summed E-state index contributed by atoms with van der Waals surface area (Å²) in [5.41, 5.74) is 3.80. The first-order valence-electron chi connectivity index (χ1n) is 15.5. The van der Waals surface area contributed by atoms with E-state index in [1.165, 1.54) is 32.1 Å². The standard InChI is InChI=1S/C37H45F3/c1-3-5-6-7-8-9-10-11-13-31-22-25-34(37(40)36(31)39)30-20-18-28(19-21-30)32-23-24-33(35(38)26-32)29-16-14-27(12-4-2)15-17-29/h4,12,18-27,29H,3,5-11,13-17H2,1-2H3/b12-4+. The van der Waals surface area contributed by atoms with Gasteiger partial charge in [0.05, 0.1) is 0 Å². The lowest BCUT2D eigenvalue weighted by Gasteiger charge is -2.27. The Labute approximate surface area is 239 Å². The van der Waals surface area contributed by atoms with Crippen molar-refractivity contribution >= 4 is 0 Å². The molecule has 0 atom stereocenters. The lowest BCUT2D eigenvalue weighted by molar-refractivity contribution is 0.368. The Morgan fingerprint density at radius 1 is 0.675 bits per heavy atom. The zero-order valence-electron chi connectivity index (χ0n) is 24.3. The quantitative estimate of drug-likeness (QED) is 0.148. The number of halogens is 3. The van der Waals surface area contributed by atoms with Gasteiger partial charge in [0.15, 0.2) is 11.6 Å². The summed E-state index contributed by atoms with van der Waals surface area (Å²) in [4.78, 5) is 0. The second-order valence-corrected chi connectivity index (χ2v) is 11.6. The van der Waals surface area contributed by atoms with Crippen LogP contribution in [0.5, 0.6) is 0 Å². The van der Waals surface area contributed by atoms with Gasteiger partial charge in [-0.2, -0.15) is 0 Å². The van der Waals surface area contributed by atoms with Gasteiger partial charge in [0, 0.05) is 5.56 Å². The first-order chi connectivity index (χ1) is 19.5. The molecule has 0 nitrogen and oxygen atoms in total. The predicted molar refractivity (Wildman–Crippen MR) is 163 cm³/mol. The van der Waals surface area contributed by atoms with E-state index in [2.05, 4.69) is 26.0 Å². The van der Waals surface area contributed by atoms with Crippen LogP contribution in [0.25, 0.3) is 22.3 Å². The van der Waals surface area contributed by atoms with Gasteiger partial charge in [-0.25, -0.2) is 13.2 Å². The highest BCUT2D eigenvalue weighted by molar-refractivity contribution is 5.71. The van der Waals surface area contributed by atoms with Crippen molar-refractivity contribution in [3.05, 3.63) is 95.3 Å². The van der Waals surface area contributed by atoms with E-state index in [0.717, 1.165) is 61.6 Å². The van der Waals surface area contributed by atoms with E-state index >= 15 is 8.78 Å². The molecule has 3 aromatic carbocycles. The largest absolute Gasteiger partial charge is 0.207 e. The molecule has 0 N–H and O–H groups in total. The fourth-order valence-corrected chi connectivity index (χ4v) is 6.23. The van der Waals surface area contributed by atoms with Crippen LogP contribution in [0, 0.1) is 23.4 Å². The third-order valence-corrected chi connectivity index (χ3v) is 8.67. The molecule has 40 heavy (non-hydrogen) atoms. The summed E-state index contributed by atoms with van der Waals surface area (Å²) in [6, 6.07) is 16.2. The summed E-state index contributed by atoms with van der Waals surface area (Å²) in [5.74, 6) is -0.789. The number of allylic oxidation sites excluding steroid dienone is 2. The van der Waals surface area contributed by atoms with Gasteiger partial charge < -0.3 is 0 Å². The van der Waals surface area contributed by atoms with Crippen molar-refractivity contribution in [2.75, 3.05) is 0 Å². The Morgan fingerprint density at radius 3 is 1.95 bits per heavy atom. The van der Waals surface area contributed by atoms with E-state index in [4.69, 9.17) is 0 Å². The van der Waals surface area contributed by atoms with Crippen LogP contribution in [0.2, 0.25) is 0 Å². The van der Waals surface area contributed by atoms with E-state index in [-0.39, 0.29) is 17.3 Å². The second kappa shape index (κ2) is 15.3. The average molecular weight is 547 g/mol. The molecule has 0 saturated heterocycles. The second-order valence-electron chi connectivity index (χ2n) is 11.6. The minimum Gasteiger partial charge on any atom is -0.207 e. The normalized spacial score (nSPS) is 17.5. The number of rotatable bonds is 13. The molecule has 1 saturated carbocycles. The molecular weight excluding hydrogens is 501 g/mol. The van der Waals surface area contributed by atoms with Crippen LogP contribution in [0.3, 0.4) is 0 Å². The molecule has 1 aliphatic rings. The van der Waals surface area contributed by atoms with E-state index < -0.39 is 11.6 Å². The van der Waals surface area contributed by atoms with Crippen LogP contribution in [0.1, 0.15) is 108 Å². The van der Waals surface area contributed by atoms with Gasteiger partial charge in [-0.3, -0.25) is 0 Å². The van der Waals surface area contributed by atoms with Crippen LogP contribution in [-0.2, 0) is 6.42 Å². The van der Waals surface area contributed by atoms with Gasteiger partial charge in [-0.15, -0.1) is 0 Å². The number of unbranched alkanes of at least 4 members (excludes halogenated alkanes) is 7. The highest BCUT2D eigenvalue weighted by Gasteiger charge is 2.23. The Balaban J connectivity index is 1.36. The van der Waals surface area contributed by atoms with Crippen molar-refractivity contribution < 1.29 is 13.2 Å². The Kier molecular flexibility index (Phi) is 11.5. The number of benzene rings is 3. The first-order valence-corrected chi connectivity index (χ1v) is 15.5. The topological polar surface area (TPSA) is 0 Å². The minimum absolute atomic E-state index is 0.156. The summed E-state index contributed by atoms with van der Waals surface area (Å²) >= 11 is 0. The third kappa shape index (κ3) is 7.89. The minimum atomic E-state index is -0.788. The highest BCUT2D eigenvalue weighted by Crippen LogP contribution is 2.38. The average Bonchev–Trinajstić information content (AvgIpc) is 2.97. The van der Waals surface area contributed by atoms with Crippen LogP contribution in [-0.4, -0.2) is 0 Å². The molecule has 4 rings (SSSR count). The molecule has 0 amide bonds. The number of hydrogen-bond donors (Lipinski definition) is 0. The molecule has 214 valence electrons. The van der Waals surface area contributed by atoms with Crippen LogP contribution >= 0.6 is 0 Å². The van der Waals surface area contributed by atoms with Gasteiger partial charge in [0.1, 0.15) is 5.82 Å². The van der Waals surface area contributed by atoms with Gasteiger partial charge in [-0.05, 0) is 91.2 Å². The lowest BCUT2D eigenvalue weighted by Crippen LogP contribution is -2.12. The van der Waals surface area contributed by atoms with Gasteiger partial charge in [0.25, 0.3) is 0 Å². The summed E-state index contributed by atoms with van der Waals surface area (Å²) in [6.07, 6.45) is 18.6. The van der Waals surface area contributed by atoms with E-state index in [1.54, 1.807) is 30.3 Å². The van der Waals surface area contributed by atoms with Crippen molar-refractivity contribution in [1.29, 1.82) is 0 Å². The molecule has 3 aromatic rings. The number of hydrogen-bond acceptors (Lipinski definition) is 0. The highest BCUT2D eigenvalue weighted by atomic mass is 19.2. The first kappa shape index (κ1) is 30.2. The van der Waals surface area contributed by atoms with Crippen LogP contribution in [0.4, 0.5) is 13.2 Å².